The summed E-state index contributed by atoms with van der Waals surface area (Å²) in [6.07, 6.45) is 20.3. The van der Waals surface area contributed by atoms with Crippen molar-refractivity contribution in [1.82, 2.24) is 19.9 Å². The molecule has 9 heterocycles. The number of nitrogens with zero attached hydrogens (tertiary/aromatic N) is 2. The first-order valence-corrected chi connectivity index (χ1v) is 20.3. The summed E-state index contributed by atoms with van der Waals surface area (Å²) < 4.78 is 46.7. The maximum Gasteiger partial charge on any atom is 0.169 e. The van der Waals surface area contributed by atoms with Crippen molar-refractivity contribution < 1.29 is 37.9 Å². The molecule has 0 fully saturated rings. The zero-order valence-electron chi connectivity index (χ0n) is 33.3. The predicted octanol–water partition coefficient (Wildman–Crippen LogP) is 12.3. The normalized spacial score (nSPS) is 14.2. The van der Waals surface area contributed by atoms with Crippen LogP contribution in [0.2, 0.25) is 0 Å². The minimum Gasteiger partial charge on any atom is -0.458 e. The third-order valence-corrected chi connectivity index (χ3v) is 11.5. The van der Waals surface area contributed by atoms with E-state index >= 15 is 0 Å². The van der Waals surface area contributed by atoms with Crippen molar-refractivity contribution in [2.24, 2.45) is 0 Å². The lowest BCUT2D eigenvalue weighted by molar-refractivity contribution is 0.362. The van der Waals surface area contributed by atoms with Crippen molar-refractivity contribution in [3.63, 3.8) is 0 Å². The summed E-state index contributed by atoms with van der Waals surface area (Å²) in [6.45, 7) is 0. The van der Waals surface area contributed by atoms with Gasteiger partial charge in [-0.2, -0.15) is 0 Å². The molecule has 4 aromatic carbocycles. The number of nitrogens with one attached hydrogen (secondary N) is 2. The molecule has 0 aliphatic carbocycles. The van der Waals surface area contributed by atoms with E-state index in [1.54, 1.807) is 0 Å². The first-order chi connectivity index (χ1) is 31.7. The molecule has 3 aromatic heterocycles. The molecule has 7 aromatic rings. The third-order valence-electron chi connectivity index (χ3n) is 11.5. The average molecular weight is 839 g/mol. The highest BCUT2D eigenvalue weighted by atomic mass is 16.6. The second-order valence-electron chi connectivity index (χ2n) is 15.2. The minimum absolute atomic E-state index is 0.585. The van der Waals surface area contributed by atoms with Crippen molar-refractivity contribution in [2.75, 3.05) is 0 Å². The second-order valence-corrected chi connectivity index (χ2v) is 15.2. The fourth-order valence-electron chi connectivity index (χ4n) is 8.64. The monoisotopic (exact) mass is 838 g/mol. The Bertz CT molecular complexity index is 3080. The van der Waals surface area contributed by atoms with Gasteiger partial charge in [0.1, 0.15) is 50.1 Å². The van der Waals surface area contributed by atoms with Crippen molar-refractivity contribution in [3.8, 4) is 90.5 Å². The lowest BCUT2D eigenvalue weighted by Crippen LogP contribution is -1.97. The predicted molar refractivity (Wildman–Crippen MR) is 242 cm³/mol. The highest BCUT2D eigenvalue weighted by Crippen LogP contribution is 2.44. The number of fused-ring (bicyclic) bond motifs is 12. The fraction of sp³-hybridized carbons (Fsp3) is 0. The van der Waals surface area contributed by atoms with E-state index < -0.39 is 0 Å². The van der Waals surface area contributed by atoms with Crippen molar-refractivity contribution in [2.45, 2.75) is 0 Å². The zero-order valence-corrected chi connectivity index (χ0v) is 33.3. The van der Waals surface area contributed by atoms with Crippen molar-refractivity contribution in [3.05, 3.63) is 170 Å². The van der Waals surface area contributed by atoms with Crippen LogP contribution in [0.1, 0.15) is 22.8 Å². The summed E-state index contributed by atoms with van der Waals surface area (Å²) >= 11 is 0. The van der Waals surface area contributed by atoms with Gasteiger partial charge in [-0.05, 0) is 119 Å². The molecule has 0 spiro atoms. The highest BCUT2D eigenvalue weighted by Gasteiger charge is 2.23. The Labute approximate surface area is 363 Å². The minimum atomic E-state index is 0.585. The molecule has 306 valence electrons. The molecular weight excluding hydrogens is 809 g/mol. The van der Waals surface area contributed by atoms with Crippen LogP contribution in [0.5, 0.6) is 46.0 Å². The molecule has 0 saturated carbocycles. The van der Waals surface area contributed by atoms with Gasteiger partial charge in [-0.25, -0.2) is 9.97 Å². The smallest absolute Gasteiger partial charge is 0.169 e. The van der Waals surface area contributed by atoms with Gasteiger partial charge in [-0.3, -0.25) is 0 Å². The SMILES string of the molecule is C1=COc2cc(-c3c4nc(c(-c5ccc6c(c5)OC=CO6)c5ccc([nH]5)c(-c5ccc6c(c5)OC=CO6)c5nc(c(-c6ccc7c(c6)OC=CO7)c6ccc3[nH]6)C=C5)C=C4)ccc2O1. The molecule has 0 amide bonds. The molecule has 0 radical (unpaired) electrons. The zero-order chi connectivity index (χ0) is 42.1. The molecule has 64 heavy (non-hydrogen) atoms. The van der Waals surface area contributed by atoms with Gasteiger partial charge >= 0.3 is 0 Å². The Morgan fingerprint density at radius 1 is 0.266 bits per heavy atom. The molecule has 6 aliphatic rings. The number of aromatic amines is 2. The van der Waals surface area contributed by atoms with Gasteiger partial charge in [0.2, 0.25) is 0 Å². The van der Waals surface area contributed by atoms with Crippen LogP contribution < -0.4 is 37.9 Å². The molecule has 0 atom stereocenters. The second kappa shape index (κ2) is 14.2. The van der Waals surface area contributed by atoms with Gasteiger partial charge in [0.25, 0.3) is 0 Å². The maximum absolute atomic E-state index is 5.92. The van der Waals surface area contributed by atoms with E-state index in [1.165, 1.54) is 50.1 Å². The molecule has 8 bridgehead atoms. The Balaban J connectivity index is 1.15. The summed E-state index contributed by atoms with van der Waals surface area (Å²) in [5.74, 6) is 4.79. The van der Waals surface area contributed by atoms with E-state index in [4.69, 9.17) is 47.9 Å². The van der Waals surface area contributed by atoms with Crippen LogP contribution in [0.25, 0.3) is 90.9 Å². The van der Waals surface area contributed by atoms with Gasteiger partial charge in [-0.1, -0.05) is 24.3 Å². The Hall–Kier alpha value is -9.16. The maximum atomic E-state index is 5.92. The number of H-pyrrole nitrogens is 2. The van der Waals surface area contributed by atoms with Gasteiger partial charge in [0.15, 0.2) is 46.0 Å². The van der Waals surface area contributed by atoms with E-state index in [-0.39, 0.29) is 0 Å². The number of ether oxygens (including phenoxy) is 8. The molecule has 6 aliphatic heterocycles. The van der Waals surface area contributed by atoms with E-state index in [9.17, 15) is 0 Å². The van der Waals surface area contributed by atoms with E-state index in [1.807, 2.05) is 97.1 Å². The standard InChI is InChI=1S/C52H30N4O8/c1-13-41-45(61-21-17-57-41)25-29(1)49-33-5-7-35(53-33)50(30-2-14-42-46(26-30)62-22-18-58-42)37-9-11-39(55-37)52(32-4-16-44-48(28-32)64-24-20-60-44)40-12-10-38(56-40)51(36-8-6-34(49)54-36)31-3-15-43-47(27-31)63-23-19-59-43/h1-28,53,56H. The van der Waals surface area contributed by atoms with Crippen LogP contribution in [0.4, 0.5) is 0 Å². The quantitative estimate of drug-likeness (QED) is 0.177. The molecule has 0 saturated heterocycles. The highest BCUT2D eigenvalue weighted by molar-refractivity contribution is 6.00. The number of hydrogen-bond donors (Lipinski definition) is 2. The lowest BCUT2D eigenvalue weighted by atomic mass is 10.0. The van der Waals surface area contributed by atoms with Crippen molar-refractivity contribution >= 4 is 46.4 Å². The topological polar surface area (TPSA) is 131 Å². The number of aromatic nitrogens is 4. The van der Waals surface area contributed by atoms with Gasteiger partial charge in [0.05, 0.1) is 22.8 Å². The van der Waals surface area contributed by atoms with Crippen LogP contribution in [0, 0.1) is 0 Å². The first-order valence-electron chi connectivity index (χ1n) is 20.3. The number of benzene rings is 4. The number of rotatable bonds is 4. The molecule has 2 N–H and O–H groups in total. The van der Waals surface area contributed by atoms with Crippen LogP contribution in [0.15, 0.2) is 147 Å². The van der Waals surface area contributed by atoms with E-state index in [0.29, 0.717) is 46.0 Å². The Morgan fingerprint density at radius 3 is 0.750 bits per heavy atom. The Kier molecular flexibility index (Phi) is 7.90. The molecule has 12 heteroatoms. The van der Waals surface area contributed by atoms with Crippen molar-refractivity contribution in [1.29, 1.82) is 0 Å². The lowest BCUT2D eigenvalue weighted by Gasteiger charge is -2.14. The largest absolute Gasteiger partial charge is 0.458 e. The summed E-state index contributed by atoms with van der Waals surface area (Å²) in [4.78, 5) is 18.4. The summed E-state index contributed by atoms with van der Waals surface area (Å²) in [6, 6.07) is 31.8. The van der Waals surface area contributed by atoms with Crippen LogP contribution in [0.3, 0.4) is 0 Å². The van der Waals surface area contributed by atoms with Gasteiger partial charge in [-0.15, -0.1) is 0 Å². The molecule has 0 unspecified atom stereocenters. The van der Waals surface area contributed by atoms with Crippen LogP contribution in [-0.4, -0.2) is 19.9 Å². The van der Waals surface area contributed by atoms with Crippen LogP contribution in [-0.2, 0) is 0 Å². The summed E-state index contributed by atoms with van der Waals surface area (Å²) in [7, 11) is 0. The molecule has 12 nitrogen and oxygen atoms in total. The van der Waals surface area contributed by atoms with Gasteiger partial charge in [0, 0.05) is 44.3 Å². The van der Waals surface area contributed by atoms with Gasteiger partial charge < -0.3 is 47.9 Å². The molecule has 13 rings (SSSR count). The van der Waals surface area contributed by atoms with Crippen LogP contribution >= 0.6 is 0 Å². The number of hydrogen-bond acceptors (Lipinski definition) is 10. The van der Waals surface area contributed by atoms with E-state index in [2.05, 4.69) is 34.2 Å². The average Bonchev–Trinajstić information content (AvgIpc) is 4.20. The van der Waals surface area contributed by atoms with E-state index in [0.717, 1.165) is 89.4 Å². The summed E-state index contributed by atoms with van der Waals surface area (Å²) in [5.41, 5.74) is 13.0. The Morgan fingerprint density at radius 2 is 0.500 bits per heavy atom. The fourth-order valence-corrected chi connectivity index (χ4v) is 8.64. The summed E-state index contributed by atoms with van der Waals surface area (Å²) in [5, 5.41) is 0. The first kappa shape index (κ1) is 35.6. The third kappa shape index (κ3) is 5.92. The molecular formula is C52H30N4O8.